The molecule has 11 heteroatoms. The van der Waals surface area contributed by atoms with E-state index in [1.54, 1.807) is 6.07 Å². The van der Waals surface area contributed by atoms with Gasteiger partial charge >= 0.3 is 0 Å². The molecule has 1 aliphatic rings. The number of halogens is 2. The van der Waals surface area contributed by atoms with Gasteiger partial charge in [-0.05, 0) is 13.0 Å². The van der Waals surface area contributed by atoms with Crippen molar-refractivity contribution >= 4 is 51.9 Å². The number of hydrogen-bond donors (Lipinski definition) is 3. The standard InChI is InChI=1S/C18H18Cl2N6O3/c1-2-22-16(27)10-5-13-15(25-17(10)29-9-3-4-28-8-9)26-18(23-13)24-14-11(19)6-21-7-12(14)20/h5-7,9H,2-4,8H2,1H3,(H,22,27)(H2,21,23,24,25,26). The summed E-state index contributed by atoms with van der Waals surface area (Å²) < 4.78 is 11.3. The van der Waals surface area contributed by atoms with Crippen LogP contribution >= 0.6 is 23.2 Å². The molecule has 9 nitrogen and oxygen atoms in total. The molecule has 29 heavy (non-hydrogen) atoms. The molecular formula is C18H18Cl2N6O3. The van der Waals surface area contributed by atoms with Crippen LogP contribution in [0.15, 0.2) is 18.5 Å². The summed E-state index contributed by atoms with van der Waals surface area (Å²) in [5.74, 6) is 0.308. The first-order chi connectivity index (χ1) is 14.0. The number of ether oxygens (including phenoxy) is 2. The second kappa shape index (κ2) is 8.40. The molecule has 0 spiro atoms. The van der Waals surface area contributed by atoms with Gasteiger partial charge in [0.25, 0.3) is 5.91 Å². The number of imidazole rings is 1. The predicted molar refractivity (Wildman–Crippen MR) is 109 cm³/mol. The van der Waals surface area contributed by atoms with Gasteiger partial charge in [-0.15, -0.1) is 0 Å². The minimum absolute atomic E-state index is 0.154. The molecule has 0 radical (unpaired) electrons. The Morgan fingerprint density at radius 2 is 2.14 bits per heavy atom. The number of anilines is 2. The fourth-order valence-corrected chi connectivity index (χ4v) is 3.37. The van der Waals surface area contributed by atoms with Crippen molar-refractivity contribution in [2.24, 2.45) is 0 Å². The van der Waals surface area contributed by atoms with Gasteiger partial charge in [-0.3, -0.25) is 9.78 Å². The predicted octanol–water partition coefficient (Wildman–Crippen LogP) is 3.32. The van der Waals surface area contributed by atoms with Crippen molar-refractivity contribution < 1.29 is 14.3 Å². The number of hydrogen-bond acceptors (Lipinski definition) is 7. The summed E-state index contributed by atoms with van der Waals surface area (Å²) in [5, 5.41) is 6.49. The fourth-order valence-electron chi connectivity index (χ4n) is 2.91. The quantitative estimate of drug-likeness (QED) is 0.542. The van der Waals surface area contributed by atoms with Crippen molar-refractivity contribution in [2.45, 2.75) is 19.4 Å². The lowest BCUT2D eigenvalue weighted by Gasteiger charge is -2.14. The van der Waals surface area contributed by atoms with E-state index in [1.807, 2.05) is 6.92 Å². The molecule has 0 bridgehead atoms. The van der Waals surface area contributed by atoms with Crippen molar-refractivity contribution in [1.82, 2.24) is 25.3 Å². The van der Waals surface area contributed by atoms with E-state index < -0.39 is 0 Å². The Labute approximate surface area is 176 Å². The molecule has 1 unspecified atom stereocenters. The van der Waals surface area contributed by atoms with E-state index in [0.717, 1.165) is 6.42 Å². The number of rotatable bonds is 6. The largest absolute Gasteiger partial charge is 0.471 e. The Morgan fingerprint density at radius 1 is 1.34 bits per heavy atom. The summed E-state index contributed by atoms with van der Waals surface area (Å²) in [7, 11) is 0. The molecule has 4 heterocycles. The maximum absolute atomic E-state index is 12.5. The summed E-state index contributed by atoms with van der Waals surface area (Å²) in [6, 6.07) is 1.66. The molecule has 0 aliphatic carbocycles. The third kappa shape index (κ3) is 4.21. The van der Waals surface area contributed by atoms with E-state index in [1.165, 1.54) is 12.4 Å². The molecule has 1 atom stereocenters. The van der Waals surface area contributed by atoms with Crippen molar-refractivity contribution in [3.63, 3.8) is 0 Å². The zero-order valence-electron chi connectivity index (χ0n) is 15.5. The number of aromatic amines is 1. The van der Waals surface area contributed by atoms with Crippen LogP contribution in [0.2, 0.25) is 10.0 Å². The van der Waals surface area contributed by atoms with Crippen LogP contribution in [0.4, 0.5) is 11.6 Å². The molecule has 1 aliphatic heterocycles. The second-order valence-corrected chi connectivity index (χ2v) is 7.18. The Balaban J connectivity index is 1.70. The van der Waals surface area contributed by atoms with E-state index in [0.29, 0.717) is 58.2 Å². The second-order valence-electron chi connectivity index (χ2n) is 6.36. The zero-order chi connectivity index (χ0) is 20.4. The van der Waals surface area contributed by atoms with Crippen molar-refractivity contribution in [3.05, 3.63) is 34.1 Å². The Morgan fingerprint density at radius 3 is 2.83 bits per heavy atom. The van der Waals surface area contributed by atoms with Crippen molar-refractivity contribution in [1.29, 1.82) is 0 Å². The van der Waals surface area contributed by atoms with Gasteiger partial charge in [-0.1, -0.05) is 23.2 Å². The lowest BCUT2D eigenvalue weighted by molar-refractivity contribution is 0.0943. The van der Waals surface area contributed by atoms with Gasteiger partial charge in [0.1, 0.15) is 11.7 Å². The minimum atomic E-state index is -0.278. The molecule has 3 N–H and O–H groups in total. The molecule has 1 fully saturated rings. The van der Waals surface area contributed by atoms with E-state index in [9.17, 15) is 4.79 Å². The SMILES string of the molecule is CCNC(=O)c1cc2[nH]c(Nc3c(Cl)cncc3Cl)nc2nc1OC1CCOC1. The van der Waals surface area contributed by atoms with E-state index >= 15 is 0 Å². The van der Waals surface area contributed by atoms with E-state index in [-0.39, 0.29) is 17.9 Å². The third-order valence-electron chi connectivity index (χ3n) is 4.28. The molecule has 152 valence electrons. The normalized spacial score (nSPS) is 16.2. The van der Waals surface area contributed by atoms with Crippen LogP contribution < -0.4 is 15.4 Å². The average Bonchev–Trinajstić information content (AvgIpc) is 3.33. The van der Waals surface area contributed by atoms with Crippen molar-refractivity contribution in [3.8, 4) is 5.88 Å². The highest BCUT2D eigenvalue weighted by Crippen LogP contribution is 2.32. The molecule has 3 aromatic rings. The van der Waals surface area contributed by atoms with Crippen LogP contribution in [0, 0.1) is 0 Å². The highest BCUT2D eigenvalue weighted by atomic mass is 35.5. The number of fused-ring (bicyclic) bond motifs is 1. The van der Waals surface area contributed by atoms with Crippen LogP contribution in [0.25, 0.3) is 11.2 Å². The number of carbonyl (C=O) groups excluding carboxylic acids is 1. The zero-order valence-corrected chi connectivity index (χ0v) is 17.0. The summed E-state index contributed by atoms with van der Waals surface area (Å²) in [6.45, 7) is 3.40. The first kappa shape index (κ1) is 19.7. The summed E-state index contributed by atoms with van der Waals surface area (Å²) in [5.41, 5.74) is 1.73. The lowest BCUT2D eigenvalue weighted by atomic mass is 10.2. The number of carbonyl (C=O) groups is 1. The average molecular weight is 437 g/mol. The number of aromatic nitrogens is 4. The molecule has 0 saturated carbocycles. The maximum atomic E-state index is 12.5. The van der Waals surface area contributed by atoms with E-state index in [4.69, 9.17) is 32.7 Å². The number of pyridine rings is 2. The number of H-pyrrole nitrogens is 1. The molecular weight excluding hydrogens is 419 g/mol. The maximum Gasteiger partial charge on any atom is 0.256 e. The smallest absolute Gasteiger partial charge is 0.256 e. The van der Waals surface area contributed by atoms with Crippen LogP contribution in [0.1, 0.15) is 23.7 Å². The lowest BCUT2D eigenvalue weighted by Crippen LogP contribution is -2.25. The number of nitrogens with one attached hydrogen (secondary N) is 3. The Kier molecular flexibility index (Phi) is 5.70. The molecule has 4 rings (SSSR count). The monoisotopic (exact) mass is 436 g/mol. The molecule has 1 saturated heterocycles. The van der Waals surface area contributed by atoms with Gasteiger partial charge in [-0.2, -0.15) is 9.97 Å². The first-order valence-corrected chi connectivity index (χ1v) is 9.80. The third-order valence-corrected chi connectivity index (χ3v) is 4.86. The Bertz CT molecular complexity index is 1030. The van der Waals surface area contributed by atoms with Crippen molar-refractivity contribution in [2.75, 3.05) is 25.1 Å². The minimum Gasteiger partial charge on any atom is -0.471 e. The van der Waals surface area contributed by atoms with Crippen LogP contribution in [-0.4, -0.2) is 51.7 Å². The molecule has 0 aromatic carbocycles. The summed E-state index contributed by atoms with van der Waals surface area (Å²) >= 11 is 12.3. The van der Waals surface area contributed by atoms with Crippen LogP contribution in [0.3, 0.4) is 0 Å². The van der Waals surface area contributed by atoms with Gasteiger partial charge < -0.3 is 25.1 Å². The van der Waals surface area contributed by atoms with E-state index in [2.05, 4.69) is 30.6 Å². The molecule has 3 aromatic heterocycles. The molecule has 1 amide bonds. The van der Waals surface area contributed by atoms with Gasteiger partial charge in [0.2, 0.25) is 11.8 Å². The summed E-state index contributed by atoms with van der Waals surface area (Å²) in [4.78, 5) is 28.4. The number of amides is 1. The van der Waals surface area contributed by atoms with Gasteiger partial charge in [-0.25, -0.2) is 0 Å². The fraction of sp³-hybridized carbons (Fsp3) is 0.333. The van der Waals surface area contributed by atoms with Gasteiger partial charge in [0.15, 0.2) is 5.65 Å². The number of nitrogens with zero attached hydrogens (tertiary/aromatic N) is 3. The first-order valence-electron chi connectivity index (χ1n) is 9.04. The highest BCUT2D eigenvalue weighted by Gasteiger charge is 2.23. The summed E-state index contributed by atoms with van der Waals surface area (Å²) in [6.07, 6.45) is 3.53. The Hall–Kier alpha value is -2.62. The van der Waals surface area contributed by atoms with Gasteiger partial charge in [0.05, 0.1) is 34.5 Å². The van der Waals surface area contributed by atoms with Crippen LogP contribution in [0.5, 0.6) is 5.88 Å². The highest BCUT2D eigenvalue weighted by molar-refractivity contribution is 6.39. The van der Waals surface area contributed by atoms with Gasteiger partial charge in [0, 0.05) is 25.4 Å². The van der Waals surface area contributed by atoms with Crippen LogP contribution in [-0.2, 0) is 4.74 Å². The topological polar surface area (TPSA) is 114 Å².